The maximum absolute atomic E-state index is 11.5. The topological polar surface area (TPSA) is 26.3 Å². The van der Waals surface area contributed by atoms with Gasteiger partial charge in [-0.2, -0.15) is 0 Å². The molecule has 1 atom stereocenters. The summed E-state index contributed by atoms with van der Waals surface area (Å²) in [5.41, 5.74) is 0. The van der Waals surface area contributed by atoms with Crippen LogP contribution in [0.15, 0.2) is 12.7 Å². The molecule has 0 radical (unpaired) electrons. The zero-order valence-corrected chi connectivity index (χ0v) is 14.3. The van der Waals surface area contributed by atoms with Crippen molar-refractivity contribution in [3.63, 3.8) is 0 Å². The third-order valence-corrected chi connectivity index (χ3v) is 4.26. The first kappa shape index (κ1) is 19.6. The highest BCUT2D eigenvalue weighted by Crippen LogP contribution is 2.24. The lowest BCUT2D eigenvalue weighted by Gasteiger charge is -2.14. The SMILES string of the molecule is C=CCC(CCCCCCCCC)SOC(=O)C(C)C. The molecule has 0 fully saturated rings. The summed E-state index contributed by atoms with van der Waals surface area (Å²) in [6, 6.07) is 0. The largest absolute Gasteiger partial charge is 0.391 e. The molecule has 1 unspecified atom stereocenters. The predicted octanol–water partition coefficient (Wildman–Crippen LogP) is 5.92. The Labute approximate surface area is 129 Å². The Morgan fingerprint density at radius 1 is 1.15 bits per heavy atom. The average molecular weight is 301 g/mol. The van der Waals surface area contributed by atoms with E-state index in [2.05, 4.69) is 13.5 Å². The molecule has 0 aromatic carbocycles. The van der Waals surface area contributed by atoms with E-state index in [0.717, 1.165) is 12.8 Å². The standard InChI is InChI=1S/C17H32O2S/c1-5-7-8-9-10-11-12-14-16(13-6-2)20-19-17(18)15(3)4/h6,15-16H,2,5,7-14H2,1,3-4H3. The van der Waals surface area contributed by atoms with Gasteiger partial charge < -0.3 is 4.18 Å². The highest BCUT2D eigenvalue weighted by molar-refractivity contribution is 7.95. The van der Waals surface area contributed by atoms with E-state index in [-0.39, 0.29) is 11.9 Å². The molecule has 0 spiro atoms. The molecule has 0 aliphatic carbocycles. The fourth-order valence-electron chi connectivity index (χ4n) is 1.93. The quantitative estimate of drug-likeness (QED) is 0.240. The minimum Gasteiger partial charge on any atom is -0.391 e. The highest BCUT2D eigenvalue weighted by atomic mass is 32.2. The number of hydrogen-bond acceptors (Lipinski definition) is 3. The Hall–Kier alpha value is -0.440. The molecule has 0 amide bonds. The van der Waals surface area contributed by atoms with Gasteiger partial charge in [0.25, 0.3) is 0 Å². The Balaban J connectivity index is 3.69. The predicted molar refractivity (Wildman–Crippen MR) is 89.7 cm³/mol. The second-order valence-electron chi connectivity index (χ2n) is 5.71. The first-order valence-electron chi connectivity index (χ1n) is 8.09. The molecular weight excluding hydrogens is 268 g/mol. The van der Waals surface area contributed by atoms with Crippen LogP contribution in [-0.4, -0.2) is 11.2 Å². The zero-order chi connectivity index (χ0) is 15.2. The third-order valence-electron chi connectivity index (χ3n) is 3.30. The number of rotatable bonds is 13. The lowest BCUT2D eigenvalue weighted by molar-refractivity contribution is -0.136. The van der Waals surface area contributed by atoms with E-state index in [1.54, 1.807) is 0 Å². The molecule has 20 heavy (non-hydrogen) atoms. The summed E-state index contributed by atoms with van der Waals surface area (Å²) in [4.78, 5) is 11.5. The molecule has 0 aromatic heterocycles. The lowest BCUT2D eigenvalue weighted by atomic mass is 10.1. The van der Waals surface area contributed by atoms with E-state index in [0.29, 0.717) is 5.25 Å². The van der Waals surface area contributed by atoms with Gasteiger partial charge in [0.15, 0.2) is 0 Å². The van der Waals surface area contributed by atoms with Crippen LogP contribution in [0.25, 0.3) is 0 Å². The zero-order valence-electron chi connectivity index (χ0n) is 13.5. The second kappa shape index (κ2) is 13.5. The summed E-state index contributed by atoms with van der Waals surface area (Å²) in [5.74, 6) is -0.172. The van der Waals surface area contributed by atoms with Crippen LogP contribution in [-0.2, 0) is 8.98 Å². The van der Waals surface area contributed by atoms with Gasteiger partial charge in [0.05, 0.1) is 18.0 Å². The van der Waals surface area contributed by atoms with Crippen LogP contribution in [0.3, 0.4) is 0 Å². The molecular formula is C17H32O2S. The Kier molecular flexibility index (Phi) is 13.2. The van der Waals surface area contributed by atoms with Crippen molar-refractivity contribution in [1.82, 2.24) is 0 Å². The van der Waals surface area contributed by atoms with E-state index in [1.165, 1.54) is 57.0 Å². The first-order chi connectivity index (χ1) is 9.61. The van der Waals surface area contributed by atoms with Crippen molar-refractivity contribution < 1.29 is 8.98 Å². The third kappa shape index (κ3) is 11.4. The Morgan fingerprint density at radius 3 is 2.30 bits per heavy atom. The van der Waals surface area contributed by atoms with E-state index in [1.807, 2.05) is 19.9 Å². The highest BCUT2D eigenvalue weighted by Gasteiger charge is 2.14. The van der Waals surface area contributed by atoms with Crippen LogP contribution in [0.4, 0.5) is 0 Å². The van der Waals surface area contributed by atoms with Crippen molar-refractivity contribution in [2.45, 2.75) is 83.8 Å². The van der Waals surface area contributed by atoms with Crippen LogP contribution in [0.2, 0.25) is 0 Å². The van der Waals surface area contributed by atoms with Gasteiger partial charge in [-0.1, -0.05) is 71.8 Å². The Morgan fingerprint density at radius 2 is 1.75 bits per heavy atom. The maximum Gasteiger partial charge on any atom is 0.320 e. The lowest BCUT2D eigenvalue weighted by Crippen LogP contribution is -2.11. The van der Waals surface area contributed by atoms with E-state index in [9.17, 15) is 4.79 Å². The first-order valence-corrected chi connectivity index (χ1v) is 8.90. The molecule has 0 rings (SSSR count). The van der Waals surface area contributed by atoms with Crippen molar-refractivity contribution in [1.29, 1.82) is 0 Å². The van der Waals surface area contributed by atoms with Gasteiger partial charge in [0.2, 0.25) is 0 Å². The summed E-state index contributed by atoms with van der Waals surface area (Å²) >= 11 is 1.33. The van der Waals surface area contributed by atoms with Crippen LogP contribution in [0, 0.1) is 5.92 Å². The molecule has 0 aliphatic rings. The summed E-state index contributed by atoms with van der Waals surface area (Å²) in [6.07, 6.45) is 13.2. The molecule has 0 N–H and O–H groups in total. The number of hydrogen-bond donors (Lipinski definition) is 0. The molecule has 0 bridgehead atoms. The summed E-state index contributed by atoms with van der Waals surface area (Å²) in [5, 5.41) is 0.367. The number of unbranched alkanes of at least 4 members (excludes halogenated alkanes) is 6. The van der Waals surface area contributed by atoms with Crippen LogP contribution >= 0.6 is 12.0 Å². The minimum absolute atomic E-state index is 0.0505. The van der Waals surface area contributed by atoms with Gasteiger partial charge in [-0.3, -0.25) is 4.79 Å². The molecule has 0 saturated carbocycles. The van der Waals surface area contributed by atoms with Gasteiger partial charge >= 0.3 is 5.97 Å². The molecule has 118 valence electrons. The molecule has 0 saturated heterocycles. The normalized spacial score (nSPS) is 12.4. The van der Waals surface area contributed by atoms with E-state index < -0.39 is 0 Å². The van der Waals surface area contributed by atoms with Gasteiger partial charge in [0.1, 0.15) is 0 Å². The summed E-state index contributed by atoms with van der Waals surface area (Å²) < 4.78 is 5.26. The van der Waals surface area contributed by atoms with Gasteiger partial charge in [0, 0.05) is 5.25 Å². The van der Waals surface area contributed by atoms with E-state index >= 15 is 0 Å². The number of carbonyl (C=O) groups excluding carboxylic acids is 1. The van der Waals surface area contributed by atoms with Crippen molar-refractivity contribution in [3.8, 4) is 0 Å². The van der Waals surface area contributed by atoms with Gasteiger partial charge in [-0.15, -0.1) is 6.58 Å². The average Bonchev–Trinajstić information content (AvgIpc) is 2.43. The Bertz CT molecular complexity index is 251. The van der Waals surface area contributed by atoms with Crippen LogP contribution in [0.1, 0.15) is 78.6 Å². The minimum atomic E-state index is -0.122. The van der Waals surface area contributed by atoms with Crippen LogP contribution < -0.4 is 0 Å². The van der Waals surface area contributed by atoms with Crippen molar-refractivity contribution in [2.24, 2.45) is 5.92 Å². The monoisotopic (exact) mass is 300 g/mol. The summed E-state index contributed by atoms with van der Waals surface area (Å²) in [6.45, 7) is 9.76. The number of carbonyl (C=O) groups is 1. The maximum atomic E-state index is 11.5. The van der Waals surface area contributed by atoms with Crippen molar-refractivity contribution in [3.05, 3.63) is 12.7 Å². The molecule has 0 aliphatic heterocycles. The molecule has 3 heteroatoms. The second-order valence-corrected chi connectivity index (χ2v) is 6.74. The van der Waals surface area contributed by atoms with Crippen molar-refractivity contribution >= 4 is 18.0 Å². The molecule has 2 nitrogen and oxygen atoms in total. The molecule has 0 aromatic rings. The van der Waals surface area contributed by atoms with Gasteiger partial charge in [-0.05, 0) is 12.8 Å². The smallest absolute Gasteiger partial charge is 0.320 e. The van der Waals surface area contributed by atoms with Crippen molar-refractivity contribution in [2.75, 3.05) is 0 Å². The van der Waals surface area contributed by atoms with Gasteiger partial charge in [-0.25, -0.2) is 0 Å². The summed E-state index contributed by atoms with van der Waals surface area (Å²) in [7, 11) is 0. The number of allylic oxidation sites excluding steroid dienone is 1. The fourth-order valence-corrected chi connectivity index (χ4v) is 2.83. The fraction of sp³-hybridized carbons (Fsp3) is 0.824. The molecule has 0 heterocycles. The van der Waals surface area contributed by atoms with E-state index in [4.69, 9.17) is 4.18 Å². The van der Waals surface area contributed by atoms with Crippen LogP contribution in [0.5, 0.6) is 0 Å².